The second-order valence-corrected chi connectivity index (χ2v) is 7.05. The van der Waals surface area contributed by atoms with E-state index in [1.165, 1.54) is 13.2 Å². The van der Waals surface area contributed by atoms with Gasteiger partial charge in [0.15, 0.2) is 0 Å². The predicted octanol–water partition coefficient (Wildman–Crippen LogP) is 2.79. The number of rotatable bonds is 4. The fraction of sp³-hybridized carbons (Fsp3) is 0.556. The van der Waals surface area contributed by atoms with Crippen molar-refractivity contribution in [2.75, 3.05) is 13.7 Å². The van der Waals surface area contributed by atoms with Crippen LogP contribution < -0.4 is 10.1 Å². The molecule has 6 heteroatoms. The van der Waals surface area contributed by atoms with Crippen molar-refractivity contribution in [3.63, 3.8) is 0 Å². The monoisotopic (exact) mass is 337 g/mol. The van der Waals surface area contributed by atoms with Gasteiger partial charge in [-0.15, -0.1) is 0 Å². The molecule has 132 valence electrons. The molecule has 1 aromatic rings. The van der Waals surface area contributed by atoms with Crippen LogP contribution in [0.2, 0.25) is 0 Å². The fourth-order valence-electron chi connectivity index (χ4n) is 2.94. The molecule has 1 aliphatic rings. The van der Waals surface area contributed by atoms with Gasteiger partial charge in [-0.1, -0.05) is 6.07 Å². The Morgan fingerprint density at radius 2 is 2.08 bits per heavy atom. The quantitative estimate of drug-likeness (QED) is 0.858. The first-order chi connectivity index (χ1) is 11.2. The van der Waals surface area contributed by atoms with E-state index in [0.29, 0.717) is 17.9 Å². The highest BCUT2D eigenvalue weighted by atomic mass is 19.1. The summed E-state index contributed by atoms with van der Waals surface area (Å²) in [5.41, 5.74) is -0.144. The molecule has 0 radical (unpaired) electrons. The summed E-state index contributed by atoms with van der Waals surface area (Å²) in [6.45, 7) is 5.73. The van der Waals surface area contributed by atoms with Crippen LogP contribution in [-0.4, -0.2) is 31.1 Å². The highest BCUT2D eigenvalue weighted by Gasteiger charge is 2.34. The molecule has 1 fully saturated rings. The van der Waals surface area contributed by atoms with E-state index >= 15 is 0 Å². The lowest BCUT2D eigenvalue weighted by atomic mass is 9.79. The zero-order valence-electron chi connectivity index (χ0n) is 14.5. The maximum absolute atomic E-state index is 14.4. The summed E-state index contributed by atoms with van der Waals surface area (Å²) in [4.78, 5) is 23.9. The third-order valence-electron chi connectivity index (χ3n) is 3.99. The lowest BCUT2D eigenvalue weighted by molar-refractivity contribution is -0.156. The molecule has 1 aliphatic heterocycles. The van der Waals surface area contributed by atoms with E-state index in [1.807, 2.05) is 0 Å². The minimum Gasteiger partial charge on any atom is -0.497 e. The Morgan fingerprint density at radius 1 is 1.38 bits per heavy atom. The van der Waals surface area contributed by atoms with Gasteiger partial charge in [-0.2, -0.15) is 0 Å². The van der Waals surface area contributed by atoms with Crippen LogP contribution in [0.4, 0.5) is 4.39 Å². The smallest absolute Gasteiger partial charge is 0.306 e. The van der Waals surface area contributed by atoms with E-state index in [4.69, 9.17) is 9.47 Å². The molecule has 2 atom stereocenters. The van der Waals surface area contributed by atoms with Gasteiger partial charge in [-0.25, -0.2) is 4.39 Å². The molecule has 2 rings (SSSR count). The van der Waals surface area contributed by atoms with Crippen molar-refractivity contribution in [1.29, 1.82) is 0 Å². The molecule has 1 N–H and O–H groups in total. The molecule has 0 aromatic heterocycles. The van der Waals surface area contributed by atoms with Gasteiger partial charge in [0.1, 0.15) is 17.2 Å². The van der Waals surface area contributed by atoms with Crippen LogP contribution in [0.15, 0.2) is 18.2 Å². The maximum atomic E-state index is 14.4. The standard InChI is InChI=1S/C18H24FNO4/c1-18(2,3)24-17(22)7-11-10-20-16(21)9-14(11)13-6-5-12(23-4)8-15(13)19/h5-6,8,11,14H,7,9-10H2,1-4H3,(H,20,21). The molecule has 0 aliphatic carbocycles. The van der Waals surface area contributed by atoms with Crippen LogP contribution in [0.5, 0.6) is 5.75 Å². The van der Waals surface area contributed by atoms with Crippen LogP contribution >= 0.6 is 0 Å². The van der Waals surface area contributed by atoms with Gasteiger partial charge in [0.25, 0.3) is 0 Å². The van der Waals surface area contributed by atoms with Crippen molar-refractivity contribution < 1.29 is 23.5 Å². The molecule has 1 heterocycles. The van der Waals surface area contributed by atoms with Crippen molar-refractivity contribution >= 4 is 11.9 Å². The van der Waals surface area contributed by atoms with Crippen LogP contribution in [0.3, 0.4) is 0 Å². The van der Waals surface area contributed by atoms with Crippen molar-refractivity contribution in [3.8, 4) is 5.75 Å². The SMILES string of the molecule is COc1ccc(C2CC(=O)NCC2CC(=O)OC(C)(C)C)c(F)c1. The largest absolute Gasteiger partial charge is 0.497 e. The summed E-state index contributed by atoms with van der Waals surface area (Å²) in [5.74, 6) is -1.07. The topological polar surface area (TPSA) is 64.6 Å². The van der Waals surface area contributed by atoms with E-state index in [2.05, 4.69) is 5.32 Å². The third kappa shape index (κ3) is 4.69. The van der Waals surface area contributed by atoms with Gasteiger partial charge in [0, 0.05) is 24.9 Å². The molecular formula is C18H24FNO4. The Hall–Kier alpha value is -2.11. The van der Waals surface area contributed by atoms with E-state index in [1.54, 1.807) is 32.9 Å². The fourth-order valence-corrected chi connectivity index (χ4v) is 2.94. The first kappa shape index (κ1) is 18.2. The van der Waals surface area contributed by atoms with E-state index < -0.39 is 11.4 Å². The number of esters is 1. The van der Waals surface area contributed by atoms with Crippen LogP contribution in [0.1, 0.15) is 45.1 Å². The second-order valence-electron chi connectivity index (χ2n) is 7.05. The van der Waals surface area contributed by atoms with E-state index in [9.17, 15) is 14.0 Å². The Morgan fingerprint density at radius 3 is 2.67 bits per heavy atom. The Balaban J connectivity index is 2.20. The predicted molar refractivity (Wildman–Crippen MR) is 87.3 cm³/mol. The molecule has 2 unspecified atom stereocenters. The first-order valence-corrected chi connectivity index (χ1v) is 8.01. The van der Waals surface area contributed by atoms with E-state index in [-0.39, 0.29) is 36.6 Å². The number of methoxy groups -OCH3 is 1. The number of carbonyl (C=O) groups is 2. The number of hydrogen-bond donors (Lipinski definition) is 1. The zero-order chi connectivity index (χ0) is 17.9. The summed E-state index contributed by atoms with van der Waals surface area (Å²) in [6, 6.07) is 4.58. The van der Waals surface area contributed by atoms with Crippen LogP contribution in [0, 0.1) is 11.7 Å². The maximum Gasteiger partial charge on any atom is 0.306 e. The number of ether oxygens (including phenoxy) is 2. The molecule has 1 amide bonds. The molecule has 1 aromatic carbocycles. The molecule has 24 heavy (non-hydrogen) atoms. The summed E-state index contributed by atoms with van der Waals surface area (Å²) < 4.78 is 24.8. The van der Waals surface area contributed by atoms with E-state index in [0.717, 1.165) is 0 Å². The number of nitrogens with one attached hydrogen (secondary N) is 1. The minimum atomic E-state index is -0.574. The van der Waals surface area contributed by atoms with Crippen LogP contribution in [0.25, 0.3) is 0 Å². The summed E-state index contributed by atoms with van der Waals surface area (Å²) in [6.07, 6.45) is 0.282. The normalized spacial score (nSPS) is 21.1. The number of halogens is 1. The van der Waals surface area contributed by atoms with Gasteiger partial charge in [0.2, 0.25) is 5.91 Å². The number of amides is 1. The number of carbonyl (C=O) groups excluding carboxylic acids is 2. The van der Waals surface area contributed by atoms with Crippen molar-refractivity contribution in [1.82, 2.24) is 5.32 Å². The molecule has 1 saturated heterocycles. The van der Waals surface area contributed by atoms with Gasteiger partial charge in [0.05, 0.1) is 13.5 Å². The summed E-state index contributed by atoms with van der Waals surface area (Å²) >= 11 is 0. The first-order valence-electron chi connectivity index (χ1n) is 8.01. The zero-order valence-corrected chi connectivity index (χ0v) is 14.5. The lowest BCUT2D eigenvalue weighted by Gasteiger charge is -2.32. The van der Waals surface area contributed by atoms with Crippen molar-refractivity contribution in [2.24, 2.45) is 5.92 Å². The number of hydrogen-bond acceptors (Lipinski definition) is 4. The molecule has 5 nitrogen and oxygen atoms in total. The summed E-state index contributed by atoms with van der Waals surface area (Å²) in [7, 11) is 1.47. The van der Waals surface area contributed by atoms with Gasteiger partial charge >= 0.3 is 5.97 Å². The highest BCUT2D eigenvalue weighted by Crippen LogP contribution is 2.36. The highest BCUT2D eigenvalue weighted by molar-refractivity contribution is 5.78. The molecule has 0 spiro atoms. The Kier molecular flexibility index (Phi) is 5.47. The summed E-state index contributed by atoms with van der Waals surface area (Å²) in [5, 5.41) is 2.75. The van der Waals surface area contributed by atoms with Gasteiger partial charge in [-0.05, 0) is 38.3 Å². The average Bonchev–Trinajstić information content (AvgIpc) is 2.47. The number of piperidine rings is 1. The van der Waals surface area contributed by atoms with Gasteiger partial charge < -0.3 is 14.8 Å². The Labute approximate surface area is 141 Å². The molecular weight excluding hydrogens is 313 g/mol. The average molecular weight is 337 g/mol. The van der Waals surface area contributed by atoms with Crippen molar-refractivity contribution in [3.05, 3.63) is 29.6 Å². The number of benzene rings is 1. The second kappa shape index (κ2) is 7.20. The third-order valence-corrected chi connectivity index (χ3v) is 3.99. The Bertz CT molecular complexity index is 624. The van der Waals surface area contributed by atoms with Gasteiger partial charge in [-0.3, -0.25) is 9.59 Å². The molecule has 0 saturated carbocycles. The van der Waals surface area contributed by atoms with Crippen LogP contribution in [-0.2, 0) is 14.3 Å². The lowest BCUT2D eigenvalue weighted by Crippen LogP contribution is -2.41. The van der Waals surface area contributed by atoms with Crippen molar-refractivity contribution in [2.45, 2.75) is 45.1 Å². The minimum absolute atomic E-state index is 0.133. The molecule has 0 bridgehead atoms.